The van der Waals surface area contributed by atoms with Crippen molar-refractivity contribution in [1.29, 1.82) is 0 Å². The molecule has 1 heterocycles. The van der Waals surface area contributed by atoms with E-state index in [0.717, 1.165) is 11.3 Å². The summed E-state index contributed by atoms with van der Waals surface area (Å²) < 4.78 is 51.6. The number of halogens is 4. The van der Waals surface area contributed by atoms with Crippen molar-refractivity contribution in [3.63, 3.8) is 0 Å². The van der Waals surface area contributed by atoms with Gasteiger partial charge in [0.1, 0.15) is 0 Å². The van der Waals surface area contributed by atoms with Crippen molar-refractivity contribution in [2.75, 3.05) is 18.6 Å². The van der Waals surface area contributed by atoms with E-state index in [0.29, 0.717) is 10.1 Å². The molecule has 2 rings (SSSR count). The summed E-state index contributed by atoms with van der Waals surface area (Å²) in [6.45, 7) is 2.81. The Labute approximate surface area is 148 Å². The molecule has 0 spiro atoms. The highest BCUT2D eigenvalue weighted by atomic mass is 35.5. The molecule has 0 saturated heterocycles. The lowest BCUT2D eigenvalue weighted by Crippen LogP contribution is -2.16. The molecule has 1 aromatic carbocycles. The Hall–Kier alpha value is -0.230. The van der Waals surface area contributed by atoms with E-state index < -0.39 is 13.3 Å². The van der Waals surface area contributed by atoms with E-state index in [4.69, 9.17) is 32.2 Å². The molecule has 2 aromatic rings. The van der Waals surface area contributed by atoms with Crippen LogP contribution in [0.4, 0.5) is 8.78 Å². The standard InChI is InChI=1S/C13H15F2O3PS.CH2Cl2/c1-3-17-19(16,18-4-2)13(14,15)12-9-10-7-5-6-8-11(10)20-12;2-1-3/h5-9H,3-4H2,1-2H3;1H2. The minimum Gasteiger partial charge on any atom is -0.304 e. The Bertz CT molecular complexity index is 623. The molecular formula is C14H17Cl2F2O3PS. The predicted molar refractivity (Wildman–Crippen MR) is 93.2 cm³/mol. The quantitative estimate of drug-likeness (QED) is 0.399. The fourth-order valence-electron chi connectivity index (χ4n) is 1.80. The molecule has 0 N–H and O–H groups in total. The average molecular weight is 405 g/mol. The zero-order valence-electron chi connectivity index (χ0n) is 12.6. The highest BCUT2D eigenvalue weighted by Gasteiger charge is 2.55. The van der Waals surface area contributed by atoms with Gasteiger partial charge in [-0.15, -0.1) is 34.5 Å². The number of fused-ring (bicyclic) bond motifs is 1. The molecule has 130 valence electrons. The monoisotopic (exact) mass is 404 g/mol. The summed E-state index contributed by atoms with van der Waals surface area (Å²) in [4.78, 5) is -0.302. The van der Waals surface area contributed by atoms with Crippen LogP contribution in [0.5, 0.6) is 0 Å². The first-order valence-corrected chi connectivity index (χ1v) is 10.2. The second kappa shape index (κ2) is 9.30. The molecular weight excluding hydrogens is 388 g/mol. The highest BCUT2D eigenvalue weighted by molar-refractivity contribution is 7.55. The van der Waals surface area contributed by atoms with Gasteiger partial charge < -0.3 is 9.05 Å². The van der Waals surface area contributed by atoms with Gasteiger partial charge in [-0.2, -0.15) is 8.78 Å². The molecule has 23 heavy (non-hydrogen) atoms. The van der Waals surface area contributed by atoms with Crippen molar-refractivity contribution < 1.29 is 22.4 Å². The van der Waals surface area contributed by atoms with Crippen molar-refractivity contribution in [3.8, 4) is 0 Å². The zero-order chi connectivity index (χ0) is 17.5. The molecule has 0 bridgehead atoms. The van der Waals surface area contributed by atoms with Crippen LogP contribution in [0.25, 0.3) is 10.1 Å². The van der Waals surface area contributed by atoms with Gasteiger partial charge in [-0.3, -0.25) is 4.57 Å². The first-order chi connectivity index (χ1) is 10.9. The minimum atomic E-state index is -4.52. The van der Waals surface area contributed by atoms with Crippen molar-refractivity contribution in [1.82, 2.24) is 0 Å². The van der Waals surface area contributed by atoms with Gasteiger partial charge in [-0.05, 0) is 31.4 Å². The number of hydrogen-bond acceptors (Lipinski definition) is 4. The Balaban J connectivity index is 0.000000816. The Morgan fingerprint density at radius 3 is 2.17 bits per heavy atom. The number of hydrogen-bond donors (Lipinski definition) is 0. The number of alkyl halides is 4. The molecule has 0 aliphatic carbocycles. The smallest absolute Gasteiger partial charge is 0.304 e. The zero-order valence-corrected chi connectivity index (χ0v) is 15.8. The van der Waals surface area contributed by atoms with Crippen LogP contribution in [0, 0.1) is 0 Å². The van der Waals surface area contributed by atoms with Gasteiger partial charge in [-0.1, -0.05) is 18.2 Å². The maximum Gasteiger partial charge on any atom is 0.405 e. The van der Waals surface area contributed by atoms with Crippen LogP contribution in [-0.2, 0) is 19.3 Å². The second-order valence-corrected chi connectivity index (χ2v) is 8.09. The highest BCUT2D eigenvalue weighted by Crippen LogP contribution is 2.67. The summed E-state index contributed by atoms with van der Waals surface area (Å²) in [5, 5.41) is 0.881. The van der Waals surface area contributed by atoms with Gasteiger partial charge in [-0.25, -0.2) is 0 Å². The van der Waals surface area contributed by atoms with Crippen LogP contribution in [0.2, 0.25) is 0 Å². The van der Waals surface area contributed by atoms with Crippen molar-refractivity contribution >= 4 is 52.2 Å². The number of thiophene rings is 1. The van der Waals surface area contributed by atoms with E-state index in [-0.39, 0.29) is 23.4 Å². The van der Waals surface area contributed by atoms with Gasteiger partial charge in [0.25, 0.3) is 0 Å². The Morgan fingerprint density at radius 1 is 1.17 bits per heavy atom. The van der Waals surface area contributed by atoms with E-state index in [1.165, 1.54) is 19.9 Å². The largest absolute Gasteiger partial charge is 0.405 e. The molecule has 0 aliphatic heterocycles. The van der Waals surface area contributed by atoms with E-state index in [2.05, 4.69) is 0 Å². The van der Waals surface area contributed by atoms with Crippen molar-refractivity contribution in [2.24, 2.45) is 0 Å². The van der Waals surface area contributed by atoms with E-state index in [1.54, 1.807) is 24.3 Å². The summed E-state index contributed by atoms with van der Waals surface area (Å²) in [6.07, 6.45) is 0. The molecule has 0 saturated carbocycles. The number of rotatable bonds is 6. The fraction of sp³-hybridized carbons (Fsp3) is 0.429. The first-order valence-electron chi connectivity index (χ1n) is 6.74. The van der Waals surface area contributed by atoms with Crippen molar-refractivity contribution in [2.45, 2.75) is 19.5 Å². The van der Waals surface area contributed by atoms with Crippen LogP contribution in [0.3, 0.4) is 0 Å². The van der Waals surface area contributed by atoms with Crippen molar-refractivity contribution in [3.05, 3.63) is 35.2 Å². The number of benzene rings is 1. The second-order valence-electron chi connectivity index (χ2n) is 4.12. The maximum atomic E-state index is 14.5. The predicted octanol–water partition coefficient (Wildman–Crippen LogP) is 6.64. The minimum absolute atomic E-state index is 0.0994. The van der Waals surface area contributed by atoms with Crippen LogP contribution in [0.1, 0.15) is 18.7 Å². The maximum absolute atomic E-state index is 14.5. The summed E-state index contributed by atoms with van der Waals surface area (Å²) in [5.41, 5.74) is -3.65. The van der Waals surface area contributed by atoms with Crippen LogP contribution in [0.15, 0.2) is 30.3 Å². The van der Waals surface area contributed by atoms with Gasteiger partial charge in [0.15, 0.2) is 0 Å². The SMILES string of the molecule is CCOP(=O)(OCC)C(F)(F)c1cc2ccccc2s1.ClCCl. The average Bonchev–Trinajstić information content (AvgIpc) is 2.93. The third kappa shape index (κ3) is 4.88. The Kier molecular flexibility index (Phi) is 8.42. The molecule has 0 unspecified atom stereocenters. The lowest BCUT2D eigenvalue weighted by molar-refractivity contribution is 0.0392. The van der Waals surface area contributed by atoms with E-state index >= 15 is 0 Å². The molecule has 0 fully saturated rings. The lowest BCUT2D eigenvalue weighted by atomic mass is 10.2. The fourth-order valence-corrected chi connectivity index (χ4v) is 4.63. The van der Waals surface area contributed by atoms with Crippen LogP contribution in [-0.4, -0.2) is 18.6 Å². The molecule has 0 atom stereocenters. The van der Waals surface area contributed by atoms with E-state index in [1.807, 2.05) is 0 Å². The van der Waals surface area contributed by atoms with E-state index in [9.17, 15) is 13.3 Å². The summed E-state index contributed by atoms with van der Waals surface area (Å²) in [7, 11) is -4.52. The normalized spacial score (nSPS) is 12.1. The lowest BCUT2D eigenvalue weighted by Gasteiger charge is -2.24. The summed E-state index contributed by atoms with van der Waals surface area (Å²) in [5.74, 6) is 0. The Morgan fingerprint density at radius 2 is 1.70 bits per heavy atom. The molecule has 0 radical (unpaired) electrons. The topological polar surface area (TPSA) is 35.5 Å². The molecule has 0 aliphatic rings. The summed E-state index contributed by atoms with van der Waals surface area (Å²) >= 11 is 10.4. The first kappa shape index (κ1) is 20.8. The summed E-state index contributed by atoms with van der Waals surface area (Å²) in [6, 6.07) is 8.35. The van der Waals surface area contributed by atoms with Crippen LogP contribution < -0.4 is 0 Å². The molecule has 0 amide bonds. The van der Waals surface area contributed by atoms with Gasteiger partial charge in [0.05, 0.1) is 23.4 Å². The molecule has 9 heteroatoms. The third-order valence-corrected chi connectivity index (χ3v) is 6.13. The van der Waals surface area contributed by atoms with Crippen LogP contribution >= 0.6 is 42.1 Å². The van der Waals surface area contributed by atoms with Gasteiger partial charge >= 0.3 is 13.3 Å². The third-order valence-electron chi connectivity index (χ3n) is 2.66. The molecule has 1 aromatic heterocycles. The van der Waals surface area contributed by atoms with Gasteiger partial charge in [0, 0.05) is 4.70 Å². The molecule has 3 nitrogen and oxygen atoms in total. The van der Waals surface area contributed by atoms with Gasteiger partial charge in [0.2, 0.25) is 0 Å².